The minimum atomic E-state index is -2.05. The predicted molar refractivity (Wildman–Crippen MR) is 78.4 cm³/mol. The molecule has 3 rings (SSSR count). The summed E-state index contributed by atoms with van der Waals surface area (Å²) in [6.07, 6.45) is 0. The van der Waals surface area contributed by atoms with Gasteiger partial charge in [-0.15, -0.1) is 0 Å². The van der Waals surface area contributed by atoms with Crippen molar-refractivity contribution in [3.63, 3.8) is 0 Å². The quantitative estimate of drug-likeness (QED) is 0.668. The van der Waals surface area contributed by atoms with Gasteiger partial charge in [0.05, 0.1) is 0 Å². The van der Waals surface area contributed by atoms with Gasteiger partial charge in [-0.05, 0) is 41.9 Å². The number of hydrogen-bond donors (Lipinski definition) is 1. The zero-order valence-corrected chi connectivity index (χ0v) is 9.85. The Morgan fingerprint density at radius 1 is 0.778 bits per heavy atom. The number of aryl methyl sites for hydroxylation is 1. The SMILES string of the molecule is [2H]C([2H])([2H])c1ccc(Nc2ccc3ccccc3c2)cc1. The van der Waals surface area contributed by atoms with Crippen LogP contribution < -0.4 is 5.32 Å². The molecule has 0 aromatic heterocycles. The Balaban J connectivity index is 1.84. The molecule has 0 bridgehead atoms. The van der Waals surface area contributed by atoms with Crippen molar-refractivity contribution in [3.8, 4) is 0 Å². The molecular formula is C17H15N. The third kappa shape index (κ3) is 2.21. The largest absolute Gasteiger partial charge is 0.356 e. The lowest BCUT2D eigenvalue weighted by Gasteiger charge is -2.08. The van der Waals surface area contributed by atoms with E-state index in [0.717, 1.165) is 11.4 Å². The second kappa shape index (κ2) is 4.53. The summed E-state index contributed by atoms with van der Waals surface area (Å²) in [5, 5.41) is 5.65. The first-order valence-electron chi connectivity index (χ1n) is 7.39. The average Bonchev–Trinajstić information content (AvgIpc) is 2.47. The third-order valence-corrected chi connectivity index (χ3v) is 2.92. The molecule has 18 heavy (non-hydrogen) atoms. The van der Waals surface area contributed by atoms with E-state index < -0.39 is 6.85 Å². The summed E-state index contributed by atoms with van der Waals surface area (Å²) in [7, 11) is 0. The summed E-state index contributed by atoms with van der Waals surface area (Å²) >= 11 is 0. The van der Waals surface area contributed by atoms with E-state index in [4.69, 9.17) is 4.11 Å². The molecule has 0 unspecified atom stereocenters. The highest BCUT2D eigenvalue weighted by molar-refractivity contribution is 5.86. The molecule has 1 N–H and O–H groups in total. The van der Waals surface area contributed by atoms with Crippen molar-refractivity contribution < 1.29 is 4.11 Å². The van der Waals surface area contributed by atoms with Gasteiger partial charge in [-0.3, -0.25) is 0 Å². The first-order valence-corrected chi connectivity index (χ1v) is 5.89. The molecule has 1 heteroatoms. The maximum atomic E-state index is 7.37. The minimum Gasteiger partial charge on any atom is -0.356 e. The first kappa shape index (κ1) is 7.93. The summed E-state index contributed by atoms with van der Waals surface area (Å²) in [4.78, 5) is 0. The molecule has 0 aliphatic rings. The topological polar surface area (TPSA) is 12.0 Å². The number of hydrogen-bond acceptors (Lipinski definition) is 1. The standard InChI is InChI=1S/C17H15N/c1-13-6-9-16(10-7-13)18-17-11-8-14-4-2-3-5-15(14)12-17/h2-12,18H,1H3/i1D3. The maximum absolute atomic E-state index is 7.37. The number of anilines is 2. The van der Waals surface area contributed by atoms with Crippen LogP contribution in [0.3, 0.4) is 0 Å². The van der Waals surface area contributed by atoms with Gasteiger partial charge in [-0.25, -0.2) is 0 Å². The maximum Gasteiger partial charge on any atom is 0.0390 e. The van der Waals surface area contributed by atoms with Gasteiger partial charge < -0.3 is 5.32 Å². The molecule has 0 heterocycles. The van der Waals surface area contributed by atoms with E-state index in [0.29, 0.717) is 5.56 Å². The Morgan fingerprint density at radius 2 is 1.50 bits per heavy atom. The van der Waals surface area contributed by atoms with Gasteiger partial charge in [0.1, 0.15) is 0 Å². The molecule has 0 spiro atoms. The van der Waals surface area contributed by atoms with E-state index >= 15 is 0 Å². The van der Waals surface area contributed by atoms with Crippen LogP contribution in [0.15, 0.2) is 66.7 Å². The number of fused-ring (bicyclic) bond motifs is 1. The van der Waals surface area contributed by atoms with Crippen molar-refractivity contribution in [2.24, 2.45) is 0 Å². The van der Waals surface area contributed by atoms with Crippen molar-refractivity contribution >= 4 is 22.1 Å². The number of rotatable bonds is 2. The van der Waals surface area contributed by atoms with Gasteiger partial charge in [0, 0.05) is 15.5 Å². The second-order valence-electron chi connectivity index (χ2n) is 4.26. The zero-order valence-electron chi connectivity index (χ0n) is 12.9. The van der Waals surface area contributed by atoms with Crippen LogP contribution in [0, 0.1) is 6.85 Å². The Labute approximate surface area is 111 Å². The summed E-state index contributed by atoms with van der Waals surface area (Å²) in [5.74, 6) is 0. The van der Waals surface area contributed by atoms with E-state index in [1.165, 1.54) is 10.8 Å². The lowest BCUT2D eigenvalue weighted by atomic mass is 10.1. The van der Waals surface area contributed by atoms with Crippen LogP contribution >= 0.6 is 0 Å². The normalized spacial score (nSPS) is 13.7. The van der Waals surface area contributed by atoms with Gasteiger partial charge in [0.2, 0.25) is 0 Å². The van der Waals surface area contributed by atoms with Crippen LogP contribution in [0.25, 0.3) is 10.8 Å². The lowest BCUT2D eigenvalue weighted by Crippen LogP contribution is -1.89. The summed E-state index contributed by atoms with van der Waals surface area (Å²) in [6, 6.07) is 21.2. The smallest absolute Gasteiger partial charge is 0.0390 e. The second-order valence-corrected chi connectivity index (χ2v) is 4.26. The van der Waals surface area contributed by atoms with Crippen molar-refractivity contribution in [2.75, 3.05) is 5.32 Å². The first-order chi connectivity index (χ1) is 10.0. The molecule has 3 aromatic carbocycles. The molecule has 0 aliphatic carbocycles. The molecule has 1 nitrogen and oxygen atoms in total. The molecule has 0 saturated heterocycles. The molecule has 0 radical (unpaired) electrons. The molecule has 0 amide bonds. The van der Waals surface area contributed by atoms with Crippen LogP contribution in [0.4, 0.5) is 11.4 Å². The van der Waals surface area contributed by atoms with Gasteiger partial charge in [-0.1, -0.05) is 48.0 Å². The van der Waals surface area contributed by atoms with Gasteiger partial charge >= 0.3 is 0 Å². The highest BCUT2D eigenvalue weighted by atomic mass is 14.9. The molecule has 0 aliphatic heterocycles. The van der Waals surface area contributed by atoms with Crippen molar-refractivity contribution in [2.45, 2.75) is 6.85 Å². The fraction of sp³-hybridized carbons (Fsp3) is 0.0588. The Hall–Kier alpha value is -2.28. The van der Waals surface area contributed by atoms with Gasteiger partial charge in [0.25, 0.3) is 0 Å². The third-order valence-electron chi connectivity index (χ3n) is 2.92. The Kier molecular flexibility index (Phi) is 2.00. The fourth-order valence-electron chi connectivity index (χ4n) is 1.99. The summed E-state index contributed by atoms with van der Waals surface area (Å²) < 4.78 is 22.1. The summed E-state index contributed by atoms with van der Waals surface area (Å²) in [6.45, 7) is -2.05. The van der Waals surface area contributed by atoms with Crippen molar-refractivity contribution in [1.29, 1.82) is 0 Å². The summed E-state index contributed by atoms with van der Waals surface area (Å²) in [5.41, 5.74) is 2.21. The molecule has 3 aromatic rings. The van der Waals surface area contributed by atoms with Crippen LogP contribution in [-0.2, 0) is 0 Å². The van der Waals surface area contributed by atoms with Gasteiger partial charge in [0.15, 0.2) is 0 Å². The van der Waals surface area contributed by atoms with Crippen molar-refractivity contribution in [3.05, 3.63) is 72.3 Å². The van der Waals surface area contributed by atoms with Crippen LogP contribution in [0.5, 0.6) is 0 Å². The van der Waals surface area contributed by atoms with Crippen LogP contribution in [-0.4, -0.2) is 0 Å². The highest BCUT2D eigenvalue weighted by Gasteiger charge is 1.97. The van der Waals surface area contributed by atoms with E-state index in [9.17, 15) is 0 Å². The zero-order chi connectivity index (χ0) is 14.9. The molecule has 88 valence electrons. The van der Waals surface area contributed by atoms with E-state index in [2.05, 4.69) is 29.6 Å². The monoisotopic (exact) mass is 236 g/mol. The molecular weight excluding hydrogens is 218 g/mol. The van der Waals surface area contributed by atoms with E-state index in [-0.39, 0.29) is 0 Å². The molecule has 0 saturated carbocycles. The van der Waals surface area contributed by atoms with E-state index in [1.54, 1.807) is 24.3 Å². The fourth-order valence-corrected chi connectivity index (χ4v) is 1.99. The minimum absolute atomic E-state index is 0.353. The lowest BCUT2D eigenvalue weighted by molar-refractivity contribution is 1.46. The predicted octanol–water partition coefficient (Wildman–Crippen LogP) is 4.89. The average molecular weight is 236 g/mol. The van der Waals surface area contributed by atoms with E-state index in [1.807, 2.05) is 18.2 Å². The Morgan fingerprint density at radius 3 is 2.28 bits per heavy atom. The Bertz CT molecular complexity index is 761. The molecule has 0 atom stereocenters. The van der Waals surface area contributed by atoms with Crippen molar-refractivity contribution in [1.82, 2.24) is 0 Å². The number of benzene rings is 3. The number of nitrogens with one attached hydrogen (secondary N) is 1. The molecule has 0 fully saturated rings. The highest BCUT2D eigenvalue weighted by Crippen LogP contribution is 2.22. The van der Waals surface area contributed by atoms with Crippen LogP contribution in [0.1, 0.15) is 9.68 Å². The van der Waals surface area contributed by atoms with Crippen LogP contribution in [0.2, 0.25) is 0 Å². The van der Waals surface area contributed by atoms with Gasteiger partial charge in [-0.2, -0.15) is 0 Å².